The van der Waals surface area contributed by atoms with E-state index in [1.807, 2.05) is 0 Å². The summed E-state index contributed by atoms with van der Waals surface area (Å²) in [7, 11) is 1.50. The molecule has 134 valence electrons. The maximum atomic E-state index is 14.0. The Morgan fingerprint density at radius 2 is 2.08 bits per heavy atom. The summed E-state index contributed by atoms with van der Waals surface area (Å²) in [4.78, 5) is 12.3. The fraction of sp³-hybridized carbons (Fsp3) is 0.111. The lowest BCUT2D eigenvalue weighted by Crippen LogP contribution is -2.17. The van der Waals surface area contributed by atoms with Crippen LogP contribution in [0.3, 0.4) is 0 Å². The number of benzene rings is 2. The highest BCUT2D eigenvalue weighted by Gasteiger charge is 2.23. The molecule has 0 unspecified atom stereocenters. The normalized spacial score (nSPS) is 15.3. The summed E-state index contributed by atoms with van der Waals surface area (Å²) < 4.78 is 25.5. The molecule has 4 nitrogen and oxygen atoms in total. The molecule has 0 bridgehead atoms. The van der Waals surface area contributed by atoms with Gasteiger partial charge in [-0.1, -0.05) is 53.8 Å². The number of para-hydroxylation sites is 1. The summed E-state index contributed by atoms with van der Waals surface area (Å²) in [5.41, 5.74) is 0.854. The minimum Gasteiger partial charge on any atom is -0.493 e. The van der Waals surface area contributed by atoms with Crippen molar-refractivity contribution in [3.05, 3.63) is 63.3 Å². The Kier molecular flexibility index (Phi) is 5.80. The number of carbonyl (C=O) groups is 1. The van der Waals surface area contributed by atoms with E-state index in [4.69, 9.17) is 33.3 Å². The van der Waals surface area contributed by atoms with Crippen molar-refractivity contribution in [2.24, 2.45) is 0 Å². The number of thioether (sulfide) groups is 1. The summed E-state index contributed by atoms with van der Waals surface area (Å²) >= 11 is 12.2. The molecule has 0 aromatic heterocycles. The molecule has 0 aliphatic carbocycles. The molecule has 1 aliphatic heterocycles. The minimum atomic E-state index is -0.455. The van der Waals surface area contributed by atoms with Crippen LogP contribution in [-0.4, -0.2) is 17.3 Å². The molecule has 1 heterocycles. The Bertz CT molecular complexity index is 897. The molecule has 0 atom stereocenters. The van der Waals surface area contributed by atoms with Gasteiger partial charge >= 0.3 is 0 Å². The lowest BCUT2D eigenvalue weighted by atomic mass is 10.1. The van der Waals surface area contributed by atoms with E-state index < -0.39 is 5.82 Å². The van der Waals surface area contributed by atoms with E-state index in [9.17, 15) is 9.18 Å². The zero-order valence-corrected chi connectivity index (χ0v) is 15.9. The van der Waals surface area contributed by atoms with E-state index in [2.05, 4.69) is 5.32 Å². The monoisotopic (exact) mass is 409 g/mol. The molecule has 1 saturated heterocycles. The molecule has 8 heteroatoms. The lowest BCUT2D eigenvalue weighted by molar-refractivity contribution is -0.115. The zero-order valence-electron chi connectivity index (χ0n) is 13.5. The van der Waals surface area contributed by atoms with E-state index in [0.717, 1.165) is 11.8 Å². The quantitative estimate of drug-likeness (QED) is 0.579. The maximum Gasteiger partial charge on any atom is 0.263 e. The van der Waals surface area contributed by atoms with Crippen molar-refractivity contribution < 1.29 is 18.7 Å². The van der Waals surface area contributed by atoms with Gasteiger partial charge in [0.15, 0.2) is 11.5 Å². The van der Waals surface area contributed by atoms with Crippen LogP contribution in [0.5, 0.6) is 11.5 Å². The van der Waals surface area contributed by atoms with Gasteiger partial charge in [0.2, 0.25) is 0 Å². The molecule has 2 aromatic carbocycles. The number of nitrogens with one attached hydrogen (secondary N) is 1. The smallest absolute Gasteiger partial charge is 0.263 e. The van der Waals surface area contributed by atoms with Crippen molar-refractivity contribution in [2.75, 3.05) is 7.11 Å². The Labute approximate surface area is 164 Å². The summed E-state index contributed by atoms with van der Waals surface area (Å²) in [6, 6.07) is 9.68. The second kappa shape index (κ2) is 8.07. The number of hydrogen-bond acceptors (Lipinski definition) is 5. The molecular formula is C18H13ClFNO3S2. The largest absolute Gasteiger partial charge is 0.493 e. The Balaban J connectivity index is 1.94. The molecule has 26 heavy (non-hydrogen) atoms. The molecule has 1 N–H and O–H groups in total. The summed E-state index contributed by atoms with van der Waals surface area (Å²) in [5, 5.41) is 2.83. The second-order valence-electron chi connectivity index (χ2n) is 5.22. The van der Waals surface area contributed by atoms with Crippen molar-refractivity contribution in [2.45, 2.75) is 6.61 Å². The number of hydrogen-bond donors (Lipinski definition) is 1. The third-order valence-corrected chi connectivity index (χ3v) is 5.10. The molecule has 2 aromatic rings. The van der Waals surface area contributed by atoms with E-state index in [1.54, 1.807) is 30.3 Å². The van der Waals surface area contributed by atoms with Crippen LogP contribution in [0.2, 0.25) is 5.02 Å². The van der Waals surface area contributed by atoms with Gasteiger partial charge < -0.3 is 14.8 Å². The highest BCUT2D eigenvalue weighted by Crippen LogP contribution is 2.36. The first-order valence-corrected chi connectivity index (χ1v) is 9.07. The molecule has 0 spiro atoms. The summed E-state index contributed by atoms with van der Waals surface area (Å²) in [6.07, 6.45) is 1.65. The fourth-order valence-corrected chi connectivity index (χ4v) is 3.59. The third-order valence-electron chi connectivity index (χ3n) is 3.58. The average molecular weight is 410 g/mol. The highest BCUT2D eigenvalue weighted by atomic mass is 35.5. The summed E-state index contributed by atoms with van der Waals surface area (Å²) in [5.74, 6) is 0.111. The Hall–Kier alpha value is -2.09. The van der Waals surface area contributed by atoms with Crippen LogP contribution >= 0.6 is 35.6 Å². The van der Waals surface area contributed by atoms with E-state index >= 15 is 0 Å². The molecule has 0 radical (unpaired) electrons. The van der Waals surface area contributed by atoms with Crippen LogP contribution in [0.1, 0.15) is 11.1 Å². The second-order valence-corrected chi connectivity index (χ2v) is 7.35. The van der Waals surface area contributed by atoms with Crippen molar-refractivity contribution >= 4 is 51.9 Å². The molecule has 0 saturated carbocycles. The van der Waals surface area contributed by atoms with Crippen LogP contribution in [0.4, 0.5) is 4.39 Å². The van der Waals surface area contributed by atoms with Gasteiger partial charge in [-0.05, 0) is 24.3 Å². The topological polar surface area (TPSA) is 47.6 Å². The number of ether oxygens (including phenoxy) is 2. The molecule has 1 fully saturated rings. The van der Waals surface area contributed by atoms with Crippen LogP contribution in [0.25, 0.3) is 6.08 Å². The first kappa shape index (κ1) is 18.7. The fourth-order valence-electron chi connectivity index (χ4n) is 2.34. The van der Waals surface area contributed by atoms with E-state index in [0.29, 0.717) is 26.3 Å². The predicted octanol–water partition coefficient (Wildman–Crippen LogP) is 4.56. The Morgan fingerprint density at radius 3 is 2.73 bits per heavy atom. The third kappa shape index (κ3) is 4.00. The van der Waals surface area contributed by atoms with Crippen molar-refractivity contribution in [3.8, 4) is 11.5 Å². The van der Waals surface area contributed by atoms with Crippen LogP contribution < -0.4 is 14.8 Å². The molecule has 1 aliphatic rings. The van der Waals surface area contributed by atoms with Gasteiger partial charge in [0.05, 0.1) is 17.0 Å². The van der Waals surface area contributed by atoms with Crippen LogP contribution in [0, 0.1) is 5.82 Å². The number of halogens is 2. The van der Waals surface area contributed by atoms with Gasteiger partial charge in [-0.25, -0.2) is 4.39 Å². The molecular weight excluding hydrogens is 397 g/mol. The van der Waals surface area contributed by atoms with Gasteiger partial charge in [0, 0.05) is 11.1 Å². The van der Waals surface area contributed by atoms with Crippen LogP contribution in [-0.2, 0) is 11.4 Å². The molecule has 3 rings (SSSR count). The maximum absolute atomic E-state index is 14.0. The van der Waals surface area contributed by atoms with Crippen molar-refractivity contribution in [3.63, 3.8) is 0 Å². The number of amides is 1. The number of methoxy groups -OCH3 is 1. The van der Waals surface area contributed by atoms with E-state index in [-0.39, 0.29) is 23.1 Å². The summed E-state index contributed by atoms with van der Waals surface area (Å²) in [6.45, 7) is -0.0835. The van der Waals surface area contributed by atoms with Gasteiger partial charge in [-0.15, -0.1) is 0 Å². The molecule has 1 amide bonds. The number of carbonyl (C=O) groups excluding carboxylic acids is 1. The first-order chi connectivity index (χ1) is 12.5. The minimum absolute atomic E-state index is 0.0835. The lowest BCUT2D eigenvalue weighted by Gasteiger charge is -2.14. The van der Waals surface area contributed by atoms with E-state index in [1.165, 1.54) is 19.2 Å². The Morgan fingerprint density at radius 1 is 1.31 bits per heavy atom. The average Bonchev–Trinajstić information content (AvgIpc) is 2.92. The SMILES string of the molecule is COc1cccc(/C=C2/SC(=S)NC2=O)c1OCc1c(F)cccc1Cl. The van der Waals surface area contributed by atoms with Gasteiger partial charge in [-0.3, -0.25) is 4.79 Å². The standard InChI is InChI=1S/C18H13ClFNO3S2/c1-23-14-7-2-4-10(8-15-17(22)21-18(25)26-15)16(14)24-9-11-12(19)5-3-6-13(11)20/h2-8H,9H2,1H3,(H,21,22,25)/b15-8+. The van der Waals surface area contributed by atoms with Gasteiger partial charge in [-0.2, -0.15) is 0 Å². The van der Waals surface area contributed by atoms with Crippen molar-refractivity contribution in [1.29, 1.82) is 0 Å². The number of rotatable bonds is 5. The number of thiocarbonyl (C=S) groups is 1. The highest BCUT2D eigenvalue weighted by molar-refractivity contribution is 8.26. The van der Waals surface area contributed by atoms with Gasteiger partial charge in [0.1, 0.15) is 16.7 Å². The van der Waals surface area contributed by atoms with Crippen molar-refractivity contribution in [1.82, 2.24) is 5.32 Å². The van der Waals surface area contributed by atoms with Crippen LogP contribution in [0.15, 0.2) is 41.3 Å². The first-order valence-electron chi connectivity index (χ1n) is 7.47. The zero-order chi connectivity index (χ0) is 18.7. The predicted molar refractivity (Wildman–Crippen MR) is 105 cm³/mol. The van der Waals surface area contributed by atoms with Gasteiger partial charge in [0.25, 0.3) is 5.91 Å².